The van der Waals surface area contributed by atoms with Gasteiger partial charge in [-0.15, -0.1) is 22.7 Å². The molecule has 0 saturated carbocycles. The average Bonchev–Trinajstić information content (AvgIpc) is 3.29. The Balaban J connectivity index is 1.71. The zero-order valence-electron chi connectivity index (χ0n) is 15.1. The van der Waals surface area contributed by atoms with Gasteiger partial charge in [0.1, 0.15) is 0 Å². The first-order valence-corrected chi connectivity index (χ1v) is 11.2. The van der Waals surface area contributed by atoms with Crippen LogP contribution >= 0.6 is 22.7 Å². The molecule has 0 radical (unpaired) electrons. The van der Waals surface area contributed by atoms with Crippen LogP contribution in [0.1, 0.15) is 18.2 Å². The first kappa shape index (κ1) is 15.6. The van der Waals surface area contributed by atoms with Gasteiger partial charge in [0, 0.05) is 14.3 Å². The van der Waals surface area contributed by atoms with E-state index in [0.717, 1.165) is 0 Å². The van der Waals surface area contributed by atoms with Crippen molar-refractivity contribution in [2.45, 2.75) is 19.8 Å². The van der Waals surface area contributed by atoms with Crippen molar-refractivity contribution >= 4 is 75.2 Å². The van der Waals surface area contributed by atoms with E-state index in [1.807, 2.05) is 22.7 Å². The van der Waals surface area contributed by atoms with Crippen LogP contribution in [0.5, 0.6) is 0 Å². The third kappa shape index (κ3) is 2.33. The molecule has 0 unspecified atom stereocenters. The summed E-state index contributed by atoms with van der Waals surface area (Å²) in [6, 6.07) is 23.3. The van der Waals surface area contributed by atoms with Crippen molar-refractivity contribution in [2.24, 2.45) is 0 Å². The maximum absolute atomic E-state index is 2.40. The minimum absolute atomic E-state index is 1.18. The topological polar surface area (TPSA) is 0 Å². The summed E-state index contributed by atoms with van der Waals surface area (Å²) in [5.74, 6) is 0. The minimum Gasteiger partial charge on any atom is -0.144 e. The molecular formula is C25H18S2. The smallest absolute Gasteiger partial charge is 0.0352 e. The highest BCUT2D eigenvalue weighted by Gasteiger charge is 2.09. The molecular weight excluding hydrogens is 364 g/mol. The molecule has 6 rings (SSSR count). The van der Waals surface area contributed by atoms with Crippen molar-refractivity contribution in [3.05, 3.63) is 70.9 Å². The molecule has 2 heterocycles. The lowest BCUT2D eigenvalue weighted by molar-refractivity contribution is 0.941. The van der Waals surface area contributed by atoms with Crippen LogP contribution in [0, 0.1) is 0 Å². The Bertz CT molecular complexity index is 1480. The molecule has 0 nitrogen and oxygen atoms in total. The Hall–Kier alpha value is -2.42. The van der Waals surface area contributed by atoms with Crippen LogP contribution in [0.15, 0.2) is 66.0 Å². The van der Waals surface area contributed by atoms with Crippen LogP contribution < -0.4 is 0 Å². The summed E-state index contributed by atoms with van der Waals surface area (Å²) in [6.07, 6.45) is 2.38. The molecule has 2 heteroatoms. The molecule has 0 fully saturated rings. The third-order valence-corrected chi connectivity index (χ3v) is 7.63. The largest absolute Gasteiger partial charge is 0.144 e. The minimum atomic E-state index is 1.18. The second kappa shape index (κ2) is 5.79. The van der Waals surface area contributed by atoms with Gasteiger partial charge >= 0.3 is 0 Å². The summed E-state index contributed by atoms with van der Waals surface area (Å²) in [7, 11) is 0. The maximum atomic E-state index is 2.40. The molecule has 2 aromatic heterocycles. The van der Waals surface area contributed by atoms with Gasteiger partial charge in [-0.2, -0.15) is 0 Å². The molecule has 130 valence electrons. The molecule has 0 aliphatic rings. The monoisotopic (exact) mass is 382 g/mol. The molecule has 6 aromatic rings. The van der Waals surface area contributed by atoms with Crippen LogP contribution in [0.2, 0.25) is 0 Å². The summed E-state index contributed by atoms with van der Waals surface area (Å²) >= 11 is 3.77. The van der Waals surface area contributed by atoms with Gasteiger partial charge in [0.05, 0.1) is 0 Å². The van der Waals surface area contributed by atoms with Crippen molar-refractivity contribution in [3.63, 3.8) is 0 Å². The SMILES string of the molecule is CCCc1cc2cc3c(ccc4c5cc6ccsc6cc5ccc34)cc2s1. The van der Waals surface area contributed by atoms with Crippen LogP contribution in [-0.4, -0.2) is 0 Å². The first-order chi connectivity index (χ1) is 13.3. The molecule has 27 heavy (non-hydrogen) atoms. The van der Waals surface area contributed by atoms with E-state index in [9.17, 15) is 0 Å². The van der Waals surface area contributed by atoms with Gasteiger partial charge < -0.3 is 0 Å². The van der Waals surface area contributed by atoms with E-state index < -0.39 is 0 Å². The second-order valence-electron chi connectivity index (χ2n) is 7.33. The highest BCUT2D eigenvalue weighted by molar-refractivity contribution is 7.19. The molecule has 0 bridgehead atoms. The lowest BCUT2D eigenvalue weighted by Crippen LogP contribution is -1.81. The number of benzene rings is 4. The van der Waals surface area contributed by atoms with Crippen molar-refractivity contribution in [1.82, 2.24) is 0 Å². The number of rotatable bonds is 2. The number of aryl methyl sites for hydroxylation is 1. The number of fused-ring (bicyclic) bond motifs is 7. The lowest BCUT2D eigenvalue weighted by atomic mass is 9.96. The summed E-state index contributed by atoms with van der Waals surface area (Å²) in [4.78, 5) is 1.50. The van der Waals surface area contributed by atoms with E-state index in [4.69, 9.17) is 0 Å². The zero-order chi connectivity index (χ0) is 18.0. The van der Waals surface area contributed by atoms with Gasteiger partial charge in [0.2, 0.25) is 0 Å². The number of hydrogen-bond acceptors (Lipinski definition) is 2. The first-order valence-electron chi connectivity index (χ1n) is 9.49. The second-order valence-corrected chi connectivity index (χ2v) is 9.45. The summed E-state index contributed by atoms with van der Waals surface area (Å²) in [6.45, 7) is 2.25. The highest BCUT2D eigenvalue weighted by atomic mass is 32.1. The number of hydrogen-bond donors (Lipinski definition) is 0. The van der Waals surface area contributed by atoms with Crippen LogP contribution in [0.4, 0.5) is 0 Å². The van der Waals surface area contributed by atoms with Crippen LogP contribution in [-0.2, 0) is 6.42 Å². The fourth-order valence-electron chi connectivity index (χ4n) is 4.29. The highest BCUT2D eigenvalue weighted by Crippen LogP contribution is 2.37. The Morgan fingerprint density at radius 2 is 1.33 bits per heavy atom. The third-order valence-electron chi connectivity index (χ3n) is 5.59. The Morgan fingerprint density at radius 3 is 2.07 bits per heavy atom. The quantitative estimate of drug-likeness (QED) is 0.263. The fraction of sp³-hybridized carbons (Fsp3) is 0.120. The predicted octanol–water partition coefficient (Wildman–Crippen LogP) is 8.53. The summed E-state index contributed by atoms with van der Waals surface area (Å²) in [5.41, 5.74) is 0. The Morgan fingerprint density at radius 1 is 0.630 bits per heavy atom. The van der Waals surface area contributed by atoms with Crippen molar-refractivity contribution in [1.29, 1.82) is 0 Å². The zero-order valence-corrected chi connectivity index (χ0v) is 16.7. The molecule has 0 aliphatic carbocycles. The van der Waals surface area contributed by atoms with Crippen LogP contribution in [0.25, 0.3) is 52.5 Å². The van der Waals surface area contributed by atoms with Crippen molar-refractivity contribution < 1.29 is 0 Å². The molecule has 0 amide bonds. The van der Waals surface area contributed by atoms with Gasteiger partial charge in [-0.25, -0.2) is 0 Å². The van der Waals surface area contributed by atoms with E-state index >= 15 is 0 Å². The maximum Gasteiger partial charge on any atom is 0.0352 e. The van der Waals surface area contributed by atoms with Gasteiger partial charge in [-0.1, -0.05) is 37.6 Å². The van der Waals surface area contributed by atoms with E-state index in [-0.39, 0.29) is 0 Å². The van der Waals surface area contributed by atoms with Gasteiger partial charge in [0.15, 0.2) is 0 Å². The number of thiophene rings is 2. The van der Waals surface area contributed by atoms with Gasteiger partial charge in [-0.05, 0) is 91.3 Å². The summed E-state index contributed by atoms with van der Waals surface area (Å²) < 4.78 is 2.78. The summed E-state index contributed by atoms with van der Waals surface area (Å²) in [5, 5.41) is 13.0. The van der Waals surface area contributed by atoms with Crippen molar-refractivity contribution in [2.75, 3.05) is 0 Å². The van der Waals surface area contributed by atoms with E-state index in [2.05, 4.69) is 73.0 Å². The molecule has 0 N–H and O–H groups in total. The van der Waals surface area contributed by atoms with E-state index in [0.29, 0.717) is 0 Å². The molecule has 0 spiro atoms. The molecule has 0 aliphatic heterocycles. The molecule has 0 atom stereocenters. The average molecular weight is 383 g/mol. The standard InChI is InChI=1S/C25H18S2/c1-2-3-19-10-18-12-23-16(14-25(18)27-19)5-7-20-21(23)6-4-15-13-24-17(8-9-26-24)11-22(15)20/h4-14H,2-3H2,1H3. The normalized spacial score (nSPS) is 12.2. The van der Waals surface area contributed by atoms with E-state index in [1.165, 1.54) is 70.2 Å². The lowest BCUT2D eigenvalue weighted by Gasteiger charge is -2.08. The molecule has 4 aromatic carbocycles. The Kier molecular flexibility index (Phi) is 3.35. The molecule has 0 saturated heterocycles. The van der Waals surface area contributed by atoms with Gasteiger partial charge in [-0.3, -0.25) is 0 Å². The van der Waals surface area contributed by atoms with E-state index in [1.54, 1.807) is 0 Å². The van der Waals surface area contributed by atoms with Gasteiger partial charge in [0.25, 0.3) is 0 Å². The fourth-order valence-corrected chi connectivity index (χ4v) is 6.31. The Labute approximate surface area is 165 Å². The predicted molar refractivity (Wildman–Crippen MR) is 124 cm³/mol. The van der Waals surface area contributed by atoms with Crippen molar-refractivity contribution in [3.8, 4) is 0 Å². The van der Waals surface area contributed by atoms with Crippen LogP contribution in [0.3, 0.4) is 0 Å².